The van der Waals surface area contributed by atoms with Gasteiger partial charge in [0.25, 0.3) is 11.6 Å². The first-order valence-electron chi connectivity index (χ1n) is 25.9. The lowest BCUT2D eigenvalue weighted by atomic mass is 9.60. The summed E-state index contributed by atoms with van der Waals surface area (Å²) in [6.45, 7) is 8.77. The zero-order valence-corrected chi connectivity index (χ0v) is 41.9. The third-order valence-electron chi connectivity index (χ3n) is 16.9. The molecular weight excluding hydrogens is 955 g/mol. The predicted octanol–water partition coefficient (Wildman–Crippen LogP) is 6.72. The van der Waals surface area contributed by atoms with E-state index < -0.39 is 38.5 Å². The number of nitrogens with one attached hydrogen (secondary N) is 2. The number of piperidine rings is 1. The molecular formula is C53H61N9O10S. The highest BCUT2D eigenvalue weighted by Gasteiger charge is 2.52. The number of nitrogens with two attached hydrogens (primary N) is 1. The summed E-state index contributed by atoms with van der Waals surface area (Å²) in [7, 11) is -4.78. The number of morpholine rings is 1. The van der Waals surface area contributed by atoms with Crippen molar-refractivity contribution < 1.29 is 41.8 Å². The van der Waals surface area contributed by atoms with E-state index in [0.29, 0.717) is 49.3 Å². The monoisotopic (exact) mass is 1020 g/mol. The largest absolute Gasteiger partial charge is 0.491 e. The molecule has 7 aliphatic heterocycles. The topological polar surface area (TPSA) is 220 Å². The van der Waals surface area contributed by atoms with Crippen LogP contribution in [0.1, 0.15) is 80.8 Å². The fourth-order valence-electron chi connectivity index (χ4n) is 13.5. The second-order valence-electron chi connectivity index (χ2n) is 21.7. The summed E-state index contributed by atoms with van der Waals surface area (Å²) in [5, 5.41) is 17.1. The minimum atomic E-state index is -4.78. The number of nitro benzene ring substituents is 1. The van der Waals surface area contributed by atoms with Crippen LogP contribution in [-0.2, 0) is 19.3 Å². The van der Waals surface area contributed by atoms with E-state index in [1.165, 1.54) is 11.6 Å². The first kappa shape index (κ1) is 46.6. The minimum absolute atomic E-state index is 0.0416. The van der Waals surface area contributed by atoms with Crippen molar-refractivity contribution in [2.24, 2.45) is 11.1 Å². The number of hydrogen-bond donors (Lipinski definition) is 3. The first-order valence-corrected chi connectivity index (χ1v) is 27.4. The summed E-state index contributed by atoms with van der Waals surface area (Å²) in [4.78, 5) is 42.7. The van der Waals surface area contributed by atoms with E-state index in [-0.39, 0.29) is 93.9 Å². The van der Waals surface area contributed by atoms with E-state index in [9.17, 15) is 14.9 Å². The third kappa shape index (κ3) is 7.93. The molecule has 8 aliphatic rings. The van der Waals surface area contributed by atoms with Crippen molar-refractivity contribution in [3.8, 4) is 17.4 Å². The number of para-hydroxylation sites is 1. The van der Waals surface area contributed by atoms with Gasteiger partial charge in [-0.2, -0.15) is 4.98 Å². The molecule has 5 saturated heterocycles. The molecule has 1 spiro atoms. The maximum absolute atomic E-state index is 16.1. The number of sulfone groups is 1. The average Bonchev–Trinajstić information content (AvgIpc) is 4.25. The molecule has 4 N–H and O–H groups in total. The SMILES string of the molecule is CC(C)Oc1ccccc1[C@@H]1CCCN1C1CC2(CCN(c3ccc(C(N)=O)c(N4c5cc6cc[nH]c6nc5O[C@@H]5COC[C@H]54)c3S(=O)(=O)c3cc4c(c([N+](=O)[O-])c3)N[C@H](CN3C[C@@H]5C[C@H]3CO5)CO4)CC2)C1. The van der Waals surface area contributed by atoms with Gasteiger partial charge >= 0.3 is 0 Å². The van der Waals surface area contributed by atoms with E-state index in [1.807, 2.05) is 18.2 Å². The molecule has 2 bridgehead atoms. The van der Waals surface area contributed by atoms with E-state index in [0.717, 1.165) is 75.2 Å². The fraction of sp³-hybridized carbons (Fsp3) is 0.509. The van der Waals surface area contributed by atoms with Crippen LogP contribution in [0, 0.1) is 15.5 Å². The molecule has 1 amide bonds. The molecule has 1 saturated carbocycles. The molecule has 19 nitrogen and oxygen atoms in total. The van der Waals surface area contributed by atoms with Crippen molar-refractivity contribution in [2.75, 3.05) is 74.3 Å². The van der Waals surface area contributed by atoms with Crippen LogP contribution in [0.3, 0.4) is 0 Å². The zero-order chi connectivity index (χ0) is 49.9. The zero-order valence-electron chi connectivity index (χ0n) is 41.0. The van der Waals surface area contributed by atoms with E-state index >= 15 is 8.42 Å². The van der Waals surface area contributed by atoms with E-state index in [1.54, 1.807) is 23.2 Å². The number of carbonyl (C=O) groups excluding carboxylic acids is 1. The Bertz CT molecular complexity index is 3130. The lowest BCUT2D eigenvalue weighted by molar-refractivity contribution is -0.384. The molecule has 9 heterocycles. The highest BCUT2D eigenvalue weighted by molar-refractivity contribution is 7.91. The number of H-pyrrole nitrogens is 1. The van der Waals surface area contributed by atoms with Crippen molar-refractivity contribution in [1.29, 1.82) is 0 Å². The normalized spacial score (nSPS) is 26.6. The second kappa shape index (κ2) is 17.7. The Morgan fingerprint density at radius 1 is 1.01 bits per heavy atom. The number of ether oxygens (including phenoxy) is 5. The Kier molecular flexibility index (Phi) is 11.3. The molecule has 0 radical (unpaired) electrons. The van der Waals surface area contributed by atoms with Crippen molar-refractivity contribution in [3.05, 3.63) is 88.1 Å². The number of pyridine rings is 1. The van der Waals surface area contributed by atoms with E-state index in [4.69, 9.17) is 34.4 Å². The molecule has 0 unspecified atom stereocenters. The van der Waals surface area contributed by atoms with Gasteiger partial charge in [0.1, 0.15) is 34.7 Å². The van der Waals surface area contributed by atoms with Gasteiger partial charge in [-0.25, -0.2) is 8.42 Å². The molecule has 5 aromatic rings. The summed E-state index contributed by atoms with van der Waals surface area (Å²) in [6.07, 6.45) is 8.31. The highest BCUT2D eigenvalue weighted by atomic mass is 32.2. The van der Waals surface area contributed by atoms with Crippen LogP contribution in [0.25, 0.3) is 11.0 Å². The van der Waals surface area contributed by atoms with Crippen LogP contribution < -0.4 is 35.1 Å². The molecule has 20 heteroatoms. The Morgan fingerprint density at radius 3 is 2.62 bits per heavy atom. The van der Waals surface area contributed by atoms with Gasteiger partial charge in [-0.15, -0.1) is 0 Å². The quantitative estimate of drug-likeness (QED) is 0.0872. The minimum Gasteiger partial charge on any atom is -0.491 e. The molecule has 6 fully saturated rings. The molecule has 2 aromatic heterocycles. The number of hydrogen-bond acceptors (Lipinski definition) is 16. The van der Waals surface area contributed by atoms with Gasteiger partial charge in [-0.1, -0.05) is 18.2 Å². The van der Waals surface area contributed by atoms with Gasteiger partial charge < -0.3 is 49.5 Å². The number of aromatic nitrogens is 2. The number of aromatic amines is 1. The average molecular weight is 1020 g/mol. The standard InChI is InChI=1S/C53H61N9O10S/c1-30(2)71-44-8-4-3-6-37(44)39-7-5-15-60(39)34-22-53(23-34)12-16-58(17-13-53)40-10-9-38(50(54)63)48(61-42-18-31-11-14-55-51(31)57-52(42)72-46-29-68-28-43(46)61)49(40)73(66,67)36-20-41(62(64)65)47-45(21-36)70-26-32(56-47)24-59-25-35-19-33(59)27-69-35/h3-4,6,8-11,14,18,20-21,30,32-35,39,43,46,56H,5,7,12-13,15-17,19,22-29H2,1-2H3,(H2,54,63)(H,55,57)/t32-,33+,35+,39+,43-,46-/m1/s1. The number of rotatable bonds is 12. The Hall–Kier alpha value is -6.19. The number of likely N-dealkylation sites (tertiary alicyclic amines) is 2. The predicted molar refractivity (Wildman–Crippen MR) is 271 cm³/mol. The van der Waals surface area contributed by atoms with Crippen LogP contribution >= 0.6 is 0 Å². The molecule has 1 aliphatic carbocycles. The lowest BCUT2D eigenvalue weighted by Gasteiger charge is -2.56. The summed E-state index contributed by atoms with van der Waals surface area (Å²) >= 11 is 0. The lowest BCUT2D eigenvalue weighted by Crippen LogP contribution is -2.55. The Labute approximate surface area is 423 Å². The van der Waals surface area contributed by atoms with Crippen molar-refractivity contribution in [1.82, 2.24) is 19.8 Å². The summed E-state index contributed by atoms with van der Waals surface area (Å²) in [5.74, 6) is 0.393. The highest BCUT2D eigenvalue weighted by Crippen LogP contribution is 2.56. The number of primary amides is 1. The third-order valence-corrected chi connectivity index (χ3v) is 18.7. The van der Waals surface area contributed by atoms with E-state index in [2.05, 4.69) is 57.0 Å². The number of nitro groups is 1. The van der Waals surface area contributed by atoms with Gasteiger partial charge in [0.2, 0.25) is 15.7 Å². The van der Waals surface area contributed by atoms with Crippen LogP contribution in [0.2, 0.25) is 0 Å². The number of amides is 1. The Balaban J connectivity index is 0.875. The van der Waals surface area contributed by atoms with Crippen molar-refractivity contribution in [2.45, 2.75) is 117 Å². The van der Waals surface area contributed by atoms with Crippen molar-refractivity contribution >= 4 is 55.2 Å². The molecule has 73 heavy (non-hydrogen) atoms. The van der Waals surface area contributed by atoms with Crippen molar-refractivity contribution in [3.63, 3.8) is 0 Å². The fourth-order valence-corrected chi connectivity index (χ4v) is 15.2. The molecule has 6 atom stereocenters. The van der Waals surface area contributed by atoms with Gasteiger partial charge in [0, 0.05) is 73.6 Å². The number of fused-ring (bicyclic) bond motifs is 6. The number of carbonyl (C=O) groups is 1. The number of nitrogens with zero attached hydrogens (tertiary/aromatic N) is 6. The maximum Gasteiger partial charge on any atom is 0.297 e. The smallest absolute Gasteiger partial charge is 0.297 e. The maximum atomic E-state index is 16.1. The molecule has 13 rings (SSSR count). The summed E-state index contributed by atoms with van der Waals surface area (Å²) < 4.78 is 63.1. The van der Waals surface area contributed by atoms with Crippen LogP contribution in [-0.4, -0.2) is 141 Å². The molecule has 384 valence electrons. The van der Waals surface area contributed by atoms with Crippen LogP contribution in [0.4, 0.5) is 28.4 Å². The van der Waals surface area contributed by atoms with Crippen LogP contribution in [0.15, 0.2) is 76.7 Å². The summed E-state index contributed by atoms with van der Waals surface area (Å²) in [5.41, 5.74) is 8.66. The van der Waals surface area contributed by atoms with Crippen LogP contribution in [0.5, 0.6) is 17.4 Å². The summed E-state index contributed by atoms with van der Waals surface area (Å²) in [6, 6.07) is 18.0. The van der Waals surface area contributed by atoms with Gasteiger partial charge in [-0.05, 0) is 101 Å². The first-order chi connectivity index (χ1) is 35.3. The Morgan fingerprint density at radius 2 is 1.85 bits per heavy atom. The van der Waals surface area contributed by atoms with Gasteiger partial charge in [-0.3, -0.25) is 24.7 Å². The van der Waals surface area contributed by atoms with Gasteiger partial charge in [0.05, 0.1) is 70.9 Å². The number of anilines is 4. The van der Waals surface area contributed by atoms with Gasteiger partial charge in [0.15, 0.2) is 11.4 Å². The number of benzene rings is 3. The molecule has 3 aromatic carbocycles. The second-order valence-corrected chi connectivity index (χ2v) is 23.6.